The lowest BCUT2D eigenvalue weighted by Crippen LogP contribution is -2.35. The van der Waals surface area contributed by atoms with E-state index in [0.717, 1.165) is 5.56 Å². The highest BCUT2D eigenvalue weighted by Gasteiger charge is 2.16. The Morgan fingerprint density at radius 3 is 2.60 bits per heavy atom. The Kier molecular flexibility index (Phi) is 6.58. The molecule has 0 fully saturated rings. The number of furan rings is 1. The van der Waals surface area contributed by atoms with E-state index in [1.165, 1.54) is 12.5 Å². The van der Waals surface area contributed by atoms with Crippen molar-refractivity contribution in [2.45, 2.75) is 13.5 Å². The van der Waals surface area contributed by atoms with Gasteiger partial charge in [0.2, 0.25) is 0 Å². The zero-order chi connectivity index (χ0) is 18.3. The summed E-state index contributed by atoms with van der Waals surface area (Å²) in [6, 6.07) is 12.5. The van der Waals surface area contributed by atoms with Crippen LogP contribution in [0.15, 0.2) is 76.6 Å². The van der Waals surface area contributed by atoms with E-state index in [0.29, 0.717) is 17.0 Å². The molecule has 1 aromatic carbocycles. The minimum Gasteiger partial charge on any atom is -0.468 e. The fourth-order valence-electron chi connectivity index (χ4n) is 2.11. The van der Waals surface area contributed by atoms with Crippen molar-refractivity contribution in [3.05, 3.63) is 78.5 Å². The summed E-state index contributed by atoms with van der Waals surface area (Å²) in [5, 5.41) is 0.132. The topological polar surface area (TPSA) is 83.7 Å². The maximum Gasteiger partial charge on any atom is 0.299 e. The molecule has 0 radical (unpaired) electrons. The first-order chi connectivity index (χ1) is 11.9. The van der Waals surface area contributed by atoms with Crippen molar-refractivity contribution in [3.8, 4) is 0 Å². The molecule has 0 spiro atoms. The molecule has 0 saturated carbocycles. The molecular weight excluding hydrogens is 362 g/mol. The smallest absolute Gasteiger partial charge is 0.299 e. The van der Waals surface area contributed by atoms with Gasteiger partial charge >= 0.3 is 0 Å². The summed E-state index contributed by atoms with van der Waals surface area (Å²) in [5.74, 6) is 0.501. The van der Waals surface area contributed by atoms with Gasteiger partial charge in [-0.1, -0.05) is 48.5 Å². The van der Waals surface area contributed by atoms with Crippen LogP contribution < -0.4 is 9.44 Å². The van der Waals surface area contributed by atoms with Gasteiger partial charge in [0.1, 0.15) is 10.9 Å². The first kappa shape index (κ1) is 19.0. The number of nitrogens with one attached hydrogen (secondary N) is 2. The van der Waals surface area contributed by atoms with Crippen LogP contribution in [0.1, 0.15) is 18.2 Å². The summed E-state index contributed by atoms with van der Waals surface area (Å²) in [7, 11) is -3.82. The average molecular weight is 380 g/mol. The Balaban J connectivity index is 2.28. The van der Waals surface area contributed by atoms with Crippen LogP contribution in [0.4, 0.5) is 0 Å². The van der Waals surface area contributed by atoms with Gasteiger partial charge in [-0.2, -0.15) is 13.1 Å². The van der Waals surface area contributed by atoms with E-state index < -0.39 is 10.2 Å². The average Bonchev–Trinajstić information content (AvgIpc) is 3.07. The van der Waals surface area contributed by atoms with E-state index in [-0.39, 0.29) is 11.7 Å². The van der Waals surface area contributed by atoms with Gasteiger partial charge in [-0.25, -0.2) is 4.99 Å². The van der Waals surface area contributed by atoms with Gasteiger partial charge < -0.3 is 4.42 Å². The molecule has 2 N–H and O–H groups in total. The summed E-state index contributed by atoms with van der Waals surface area (Å²) in [6.45, 7) is 5.15. The molecule has 0 aliphatic rings. The van der Waals surface area contributed by atoms with Crippen LogP contribution in [0, 0.1) is 0 Å². The molecule has 0 aliphatic heterocycles. The van der Waals surface area contributed by atoms with Crippen molar-refractivity contribution in [1.82, 2.24) is 9.44 Å². The number of halogens is 1. The number of hydrogen-bond donors (Lipinski definition) is 2. The molecule has 8 heteroatoms. The predicted molar refractivity (Wildman–Crippen MR) is 100 cm³/mol. The Hall–Kier alpha value is -2.35. The van der Waals surface area contributed by atoms with Crippen molar-refractivity contribution in [2.75, 3.05) is 0 Å². The largest absolute Gasteiger partial charge is 0.468 e. The van der Waals surface area contributed by atoms with Crippen LogP contribution in [0.3, 0.4) is 0 Å². The summed E-state index contributed by atoms with van der Waals surface area (Å²) >= 11 is 6.21. The van der Waals surface area contributed by atoms with Crippen LogP contribution >= 0.6 is 11.6 Å². The second-order valence-electron chi connectivity index (χ2n) is 4.97. The van der Waals surface area contributed by atoms with Crippen molar-refractivity contribution >= 4 is 32.6 Å². The number of aliphatic imine (C=N–C) groups is 1. The highest BCUT2D eigenvalue weighted by molar-refractivity contribution is 7.87. The first-order valence-electron chi connectivity index (χ1n) is 7.33. The van der Waals surface area contributed by atoms with E-state index in [9.17, 15) is 8.42 Å². The zero-order valence-electron chi connectivity index (χ0n) is 13.6. The molecule has 2 aromatic rings. The third kappa shape index (κ3) is 5.60. The van der Waals surface area contributed by atoms with Gasteiger partial charge in [-0.3, -0.25) is 4.72 Å². The number of rotatable bonds is 8. The molecule has 25 heavy (non-hydrogen) atoms. The third-order valence-electron chi connectivity index (χ3n) is 3.15. The van der Waals surface area contributed by atoms with Crippen molar-refractivity contribution in [1.29, 1.82) is 0 Å². The monoisotopic (exact) mass is 379 g/mol. The third-order valence-corrected chi connectivity index (χ3v) is 4.54. The van der Waals surface area contributed by atoms with Gasteiger partial charge in [0, 0.05) is 17.5 Å². The molecule has 6 nitrogen and oxygen atoms in total. The van der Waals surface area contributed by atoms with Gasteiger partial charge in [0.15, 0.2) is 0 Å². The highest BCUT2D eigenvalue weighted by Crippen LogP contribution is 2.22. The molecule has 0 amide bonds. The molecule has 2 rings (SSSR count). The molecule has 0 atom stereocenters. The molecule has 1 aromatic heterocycles. The van der Waals surface area contributed by atoms with Gasteiger partial charge in [0.05, 0.1) is 12.8 Å². The van der Waals surface area contributed by atoms with Crippen molar-refractivity contribution in [2.24, 2.45) is 4.99 Å². The summed E-state index contributed by atoms with van der Waals surface area (Å²) in [4.78, 5) is 3.96. The van der Waals surface area contributed by atoms with Crippen LogP contribution in [0.25, 0.3) is 5.57 Å². The lowest BCUT2D eigenvalue weighted by Gasteiger charge is -2.14. The predicted octanol–water partition coefficient (Wildman–Crippen LogP) is 3.42. The Labute approximate surface area is 152 Å². The molecule has 0 aliphatic carbocycles. The Morgan fingerprint density at radius 1 is 1.28 bits per heavy atom. The van der Waals surface area contributed by atoms with E-state index in [1.54, 1.807) is 19.1 Å². The van der Waals surface area contributed by atoms with Crippen molar-refractivity contribution < 1.29 is 12.8 Å². The van der Waals surface area contributed by atoms with E-state index >= 15 is 0 Å². The fraction of sp³-hybridized carbons (Fsp3) is 0.118. The van der Waals surface area contributed by atoms with E-state index in [1.807, 2.05) is 30.3 Å². The minimum absolute atomic E-state index is 0.0325. The summed E-state index contributed by atoms with van der Waals surface area (Å²) in [6.07, 6.45) is 2.77. The maximum atomic E-state index is 12.3. The SMILES string of the molecule is C=CN=C(Cl)/C(=C(\C)NS(=O)(=O)NCc1ccco1)c1ccccc1. The first-order valence-corrected chi connectivity index (χ1v) is 9.19. The molecule has 0 saturated heterocycles. The number of hydrogen-bond acceptors (Lipinski definition) is 4. The van der Waals surface area contributed by atoms with Crippen LogP contribution in [0.2, 0.25) is 0 Å². The summed E-state index contributed by atoms with van der Waals surface area (Å²) < 4.78 is 34.5. The van der Waals surface area contributed by atoms with Crippen LogP contribution in [0.5, 0.6) is 0 Å². The van der Waals surface area contributed by atoms with Gasteiger partial charge in [0.25, 0.3) is 10.2 Å². The Bertz CT molecular complexity index is 873. The van der Waals surface area contributed by atoms with Crippen molar-refractivity contribution in [3.63, 3.8) is 0 Å². The molecular formula is C17H18ClN3O3S. The van der Waals surface area contributed by atoms with Gasteiger partial charge in [-0.15, -0.1) is 0 Å². The summed E-state index contributed by atoms with van der Waals surface area (Å²) in [5.41, 5.74) is 1.52. The molecule has 132 valence electrons. The van der Waals surface area contributed by atoms with E-state index in [2.05, 4.69) is 21.0 Å². The van der Waals surface area contributed by atoms with Crippen LogP contribution in [-0.4, -0.2) is 13.6 Å². The lowest BCUT2D eigenvalue weighted by atomic mass is 10.1. The zero-order valence-corrected chi connectivity index (χ0v) is 15.1. The number of nitrogens with zero attached hydrogens (tertiary/aromatic N) is 1. The second-order valence-corrected chi connectivity index (χ2v) is 6.83. The van der Waals surface area contributed by atoms with Gasteiger partial charge in [-0.05, 0) is 24.6 Å². The Morgan fingerprint density at radius 2 is 2.00 bits per heavy atom. The normalized spacial score (nSPS) is 13.3. The maximum absolute atomic E-state index is 12.3. The molecule has 1 heterocycles. The fourth-order valence-corrected chi connectivity index (χ4v) is 3.34. The molecule has 0 unspecified atom stereocenters. The van der Waals surface area contributed by atoms with E-state index in [4.69, 9.17) is 16.0 Å². The molecule has 0 bridgehead atoms. The minimum atomic E-state index is -3.82. The quantitative estimate of drug-likeness (QED) is 0.689. The highest BCUT2D eigenvalue weighted by atomic mass is 35.5. The number of allylic oxidation sites excluding steroid dienone is 2. The lowest BCUT2D eigenvalue weighted by molar-refractivity contribution is 0.497. The second kappa shape index (κ2) is 8.66. The standard InChI is InChI=1S/C17H18ClN3O3S/c1-3-19-17(18)16(14-8-5-4-6-9-14)13(2)21-25(22,23)20-12-15-10-7-11-24-15/h3-11,20-21H,1,12H2,2H3/b16-13+,19-17?. The number of benzene rings is 1. The van der Waals surface area contributed by atoms with Crippen LogP contribution in [-0.2, 0) is 16.8 Å².